The molecule has 0 rings (SSSR count). The minimum Gasteiger partial charge on any atom is -0.506 e. The Hall–Kier alpha value is -0.320. The quantitative estimate of drug-likeness (QED) is 0.493. The van der Waals surface area contributed by atoms with Crippen molar-refractivity contribution in [2.24, 2.45) is 0 Å². The van der Waals surface area contributed by atoms with E-state index in [1.54, 1.807) is 0 Å². The van der Waals surface area contributed by atoms with Crippen LogP contribution in [0.25, 0.3) is 0 Å². The second kappa shape index (κ2) is 3.86. The monoisotopic (exact) mass is 126 g/mol. The van der Waals surface area contributed by atoms with Crippen LogP contribution < -0.4 is 4.66 Å². The zero-order chi connectivity index (χ0) is 5.70. The average molecular weight is 126 g/mol. The Morgan fingerprint density at radius 2 is 2.57 bits per heavy atom. The first kappa shape index (κ1) is 6.68. The number of halogens is 1. The summed E-state index contributed by atoms with van der Waals surface area (Å²) in [6, 6.07) is 0. The summed E-state index contributed by atoms with van der Waals surface area (Å²) in [5.74, 6) is -1.15. The summed E-state index contributed by atoms with van der Waals surface area (Å²) in [7, 11) is 0. The van der Waals surface area contributed by atoms with Gasteiger partial charge in [0.1, 0.15) is 0 Å². The first-order valence-corrected chi connectivity index (χ1v) is 2.00. The standard InChI is InChI=1S/C2H3ClO4/c4-2(5)1-7-3-6/h1H2,(H,4,5). The summed E-state index contributed by atoms with van der Waals surface area (Å²) >= 11 is 0.189. The van der Waals surface area contributed by atoms with E-state index in [2.05, 4.69) is 4.29 Å². The fourth-order valence-corrected chi connectivity index (χ4v) is 0.207. The molecular formula is C2H3ClO4. The van der Waals surface area contributed by atoms with E-state index < -0.39 is 12.6 Å². The molecule has 1 N–H and O–H groups in total. The molecule has 0 atom stereocenters. The van der Waals surface area contributed by atoms with Gasteiger partial charge in [0.25, 0.3) is 0 Å². The maximum Gasteiger partial charge on any atom is 0.336 e. The highest BCUT2D eigenvalue weighted by Gasteiger charge is 1.98. The van der Waals surface area contributed by atoms with Crippen molar-refractivity contribution in [2.75, 3.05) is 6.61 Å². The van der Waals surface area contributed by atoms with Crippen LogP contribution >= 0.6 is 0 Å². The predicted molar refractivity (Wildman–Crippen MR) is 13.6 cm³/mol. The lowest BCUT2D eigenvalue weighted by Gasteiger charge is -1.79. The number of hydrogen-bond acceptors (Lipinski definition) is 3. The van der Waals surface area contributed by atoms with E-state index in [0.29, 0.717) is 0 Å². The van der Waals surface area contributed by atoms with Gasteiger partial charge in [-0.15, -0.1) is 0 Å². The second-order valence-electron chi connectivity index (χ2n) is 0.710. The fourth-order valence-electron chi connectivity index (χ4n) is 0.0689. The fraction of sp³-hybridized carbons (Fsp3) is 0.500. The molecule has 0 spiro atoms. The summed E-state index contributed by atoms with van der Waals surface area (Å²) < 4.78 is 13.0. The third-order valence-electron chi connectivity index (χ3n) is 0.223. The molecule has 0 aliphatic carbocycles. The lowest BCUT2D eigenvalue weighted by molar-refractivity contribution is -1.27. The number of carbonyl (C=O) groups is 1. The molecule has 0 aliphatic rings. The minimum atomic E-state index is -1.15. The number of rotatable bonds is 3. The molecule has 42 valence electrons. The summed E-state index contributed by atoms with van der Waals surface area (Å²) in [5.41, 5.74) is 0. The molecule has 0 saturated carbocycles. The van der Waals surface area contributed by atoms with Gasteiger partial charge in [0.05, 0.1) is 0 Å². The Bertz CT molecular complexity index is 62.7. The van der Waals surface area contributed by atoms with Gasteiger partial charge in [-0.05, 0) is 0 Å². The van der Waals surface area contributed by atoms with Crippen molar-refractivity contribution in [3.8, 4) is 0 Å². The van der Waals surface area contributed by atoms with Crippen molar-refractivity contribution in [1.82, 2.24) is 0 Å². The molecule has 0 radical (unpaired) electrons. The van der Waals surface area contributed by atoms with Gasteiger partial charge >= 0.3 is 17.3 Å². The van der Waals surface area contributed by atoms with Crippen molar-refractivity contribution in [3.63, 3.8) is 0 Å². The van der Waals surface area contributed by atoms with Gasteiger partial charge in [0, 0.05) is 0 Å². The van der Waals surface area contributed by atoms with Gasteiger partial charge in [-0.3, -0.25) is 0 Å². The first-order chi connectivity index (χ1) is 3.27. The lowest BCUT2D eigenvalue weighted by Crippen LogP contribution is -2.11. The first-order valence-electron chi connectivity index (χ1n) is 1.38. The minimum absolute atomic E-state index is 0.189. The topological polar surface area (TPSA) is 69.6 Å². The largest absolute Gasteiger partial charge is 0.506 e. The van der Waals surface area contributed by atoms with E-state index in [4.69, 9.17) is 5.11 Å². The molecule has 4 nitrogen and oxygen atoms in total. The van der Waals surface area contributed by atoms with Crippen molar-refractivity contribution >= 4 is 5.97 Å². The Morgan fingerprint density at radius 3 is 2.71 bits per heavy atom. The van der Waals surface area contributed by atoms with Gasteiger partial charge < -0.3 is 9.77 Å². The molecule has 0 bridgehead atoms. The zero-order valence-electron chi connectivity index (χ0n) is 3.26. The van der Waals surface area contributed by atoms with Gasteiger partial charge in [0.15, 0.2) is 0 Å². The van der Waals surface area contributed by atoms with Gasteiger partial charge in [-0.25, -0.2) is 4.79 Å². The lowest BCUT2D eigenvalue weighted by atomic mass is 10.8. The molecule has 0 unspecified atom stereocenters. The summed E-state index contributed by atoms with van der Waals surface area (Å²) in [6.07, 6.45) is 0. The van der Waals surface area contributed by atoms with Crippen LogP contribution in [-0.2, 0) is 9.08 Å². The van der Waals surface area contributed by atoms with Crippen molar-refractivity contribution < 1.29 is 30.2 Å². The molecular weight excluding hydrogens is 123 g/mol. The molecule has 5 heteroatoms. The van der Waals surface area contributed by atoms with Crippen molar-refractivity contribution in [1.29, 1.82) is 0 Å². The number of carboxylic acid groups (broad SMARTS) is 1. The summed E-state index contributed by atoms with van der Waals surface area (Å²) in [6.45, 7) is -0.558. The van der Waals surface area contributed by atoms with Crippen LogP contribution in [0.1, 0.15) is 0 Å². The van der Waals surface area contributed by atoms with Crippen LogP contribution in [-0.4, -0.2) is 17.7 Å². The molecule has 0 saturated heterocycles. The number of carboxylic acids is 1. The Balaban J connectivity index is 2.82. The molecule has 0 amide bonds. The van der Waals surface area contributed by atoms with Gasteiger partial charge in [-0.1, -0.05) is 4.29 Å². The third kappa shape index (κ3) is 5.68. The highest BCUT2D eigenvalue weighted by molar-refractivity contribution is 5.67. The Morgan fingerprint density at radius 1 is 2.00 bits per heavy atom. The zero-order valence-corrected chi connectivity index (χ0v) is 4.01. The molecule has 7 heavy (non-hydrogen) atoms. The van der Waals surface area contributed by atoms with Crippen molar-refractivity contribution in [2.45, 2.75) is 0 Å². The highest BCUT2D eigenvalue weighted by atomic mass is 35.6. The number of hydrogen-bond donors (Lipinski definition) is 1. The maximum atomic E-state index is 9.47. The van der Waals surface area contributed by atoms with Gasteiger partial charge in [-0.2, -0.15) is 0 Å². The Kier molecular flexibility index (Phi) is 3.68. The van der Waals surface area contributed by atoms with Crippen LogP contribution in [0.4, 0.5) is 0 Å². The van der Waals surface area contributed by atoms with E-state index in [0.717, 1.165) is 0 Å². The van der Waals surface area contributed by atoms with Crippen molar-refractivity contribution in [3.05, 3.63) is 0 Å². The Labute approximate surface area is 43.8 Å². The molecule has 0 aliphatic heterocycles. The van der Waals surface area contributed by atoms with Crippen LogP contribution in [0.5, 0.6) is 0 Å². The SMILES string of the molecule is O=C(O)CO[Cl+][O-]. The smallest absolute Gasteiger partial charge is 0.336 e. The van der Waals surface area contributed by atoms with E-state index in [9.17, 15) is 9.45 Å². The second-order valence-corrected chi connectivity index (χ2v) is 1.05. The maximum absolute atomic E-state index is 9.47. The molecule has 0 aromatic carbocycles. The third-order valence-corrected chi connectivity index (χ3v) is 0.421. The average Bonchev–Trinajstić information content (AvgIpc) is 1.61. The highest BCUT2D eigenvalue weighted by Crippen LogP contribution is 1.67. The van der Waals surface area contributed by atoms with E-state index in [1.165, 1.54) is 0 Å². The van der Waals surface area contributed by atoms with E-state index in [1.807, 2.05) is 0 Å². The van der Waals surface area contributed by atoms with E-state index >= 15 is 0 Å². The van der Waals surface area contributed by atoms with Crippen LogP contribution in [0.2, 0.25) is 0 Å². The van der Waals surface area contributed by atoms with Crippen LogP contribution in [0.15, 0.2) is 0 Å². The van der Waals surface area contributed by atoms with Gasteiger partial charge in [0.2, 0.25) is 6.61 Å². The summed E-state index contributed by atoms with van der Waals surface area (Å²) in [5, 5.41) is 7.76. The molecule has 0 fully saturated rings. The van der Waals surface area contributed by atoms with E-state index in [-0.39, 0.29) is 11.3 Å². The molecule has 0 aromatic rings. The predicted octanol–water partition coefficient (Wildman–Crippen LogP) is -1.64. The molecule has 0 heterocycles. The van der Waals surface area contributed by atoms with Crippen LogP contribution in [0, 0.1) is 11.3 Å². The number of aliphatic carboxylic acids is 1. The summed E-state index contributed by atoms with van der Waals surface area (Å²) in [4.78, 5) is 9.47. The normalized spacial score (nSPS) is 8.71. The van der Waals surface area contributed by atoms with Crippen LogP contribution in [0.3, 0.4) is 0 Å². The molecule has 0 aromatic heterocycles.